The number of hydrogen-bond donors (Lipinski definition) is 1. The fourth-order valence-electron chi connectivity index (χ4n) is 4.03. The van der Waals surface area contributed by atoms with Crippen molar-refractivity contribution in [1.29, 1.82) is 0 Å². The van der Waals surface area contributed by atoms with E-state index in [1.807, 2.05) is 52.0 Å². The predicted octanol–water partition coefficient (Wildman–Crippen LogP) is 4.85. The monoisotopic (exact) mass is 443 g/mol. The maximum absolute atomic E-state index is 13.4. The highest BCUT2D eigenvalue weighted by molar-refractivity contribution is 7.80. The van der Waals surface area contributed by atoms with Crippen molar-refractivity contribution in [3.63, 3.8) is 0 Å². The SMILES string of the molecule is Cc1ccc(-n2c(C)cc(/C=C3/C(=O)NC(=S)N(c4cccc(C)c4C)C3=O)c2C)cc1. The van der Waals surface area contributed by atoms with Crippen LogP contribution < -0.4 is 10.2 Å². The van der Waals surface area contributed by atoms with E-state index in [0.717, 1.165) is 33.8 Å². The van der Waals surface area contributed by atoms with Crippen LogP contribution in [-0.4, -0.2) is 21.5 Å². The highest BCUT2D eigenvalue weighted by Gasteiger charge is 2.35. The molecule has 0 aliphatic carbocycles. The third-order valence-corrected chi connectivity index (χ3v) is 6.27. The van der Waals surface area contributed by atoms with Crippen LogP contribution in [0.15, 0.2) is 54.1 Å². The van der Waals surface area contributed by atoms with Crippen LogP contribution >= 0.6 is 12.2 Å². The molecule has 1 fully saturated rings. The van der Waals surface area contributed by atoms with Crippen molar-refractivity contribution in [2.75, 3.05) is 4.90 Å². The lowest BCUT2D eigenvalue weighted by atomic mass is 10.0. The maximum atomic E-state index is 13.4. The van der Waals surface area contributed by atoms with Crippen molar-refractivity contribution in [2.45, 2.75) is 34.6 Å². The molecule has 3 aromatic rings. The van der Waals surface area contributed by atoms with Gasteiger partial charge in [0.15, 0.2) is 5.11 Å². The zero-order valence-electron chi connectivity index (χ0n) is 18.8. The minimum atomic E-state index is -0.485. The first-order chi connectivity index (χ1) is 15.2. The molecular weight excluding hydrogens is 418 g/mol. The molecule has 1 aromatic heterocycles. The van der Waals surface area contributed by atoms with E-state index in [1.165, 1.54) is 10.5 Å². The molecule has 0 atom stereocenters. The number of carbonyl (C=O) groups excluding carboxylic acids is 2. The zero-order chi connectivity index (χ0) is 23.2. The Bertz CT molecular complexity index is 1300. The predicted molar refractivity (Wildman–Crippen MR) is 132 cm³/mol. The summed E-state index contributed by atoms with van der Waals surface area (Å²) in [5.41, 5.74) is 7.72. The van der Waals surface area contributed by atoms with E-state index in [1.54, 1.807) is 6.08 Å². The number of anilines is 1. The molecule has 1 saturated heterocycles. The van der Waals surface area contributed by atoms with Crippen molar-refractivity contribution in [3.05, 3.63) is 87.7 Å². The minimum absolute atomic E-state index is 0.0589. The van der Waals surface area contributed by atoms with Crippen LogP contribution in [0.25, 0.3) is 11.8 Å². The Morgan fingerprint density at radius 2 is 1.62 bits per heavy atom. The van der Waals surface area contributed by atoms with Gasteiger partial charge in [-0.25, -0.2) is 0 Å². The zero-order valence-corrected chi connectivity index (χ0v) is 19.6. The average molecular weight is 444 g/mol. The molecule has 1 N–H and O–H groups in total. The number of thiocarbonyl (C=S) groups is 1. The second-order valence-electron chi connectivity index (χ2n) is 8.17. The molecule has 2 aromatic carbocycles. The third kappa shape index (κ3) is 3.67. The lowest BCUT2D eigenvalue weighted by Crippen LogP contribution is -2.54. The van der Waals surface area contributed by atoms with Gasteiger partial charge in [0.2, 0.25) is 0 Å². The lowest BCUT2D eigenvalue weighted by Gasteiger charge is -2.30. The van der Waals surface area contributed by atoms with E-state index in [0.29, 0.717) is 5.69 Å². The van der Waals surface area contributed by atoms with Gasteiger partial charge in [-0.3, -0.25) is 19.8 Å². The van der Waals surface area contributed by atoms with Crippen molar-refractivity contribution in [2.24, 2.45) is 0 Å². The Labute approximate surface area is 193 Å². The van der Waals surface area contributed by atoms with Crippen LogP contribution in [0, 0.1) is 34.6 Å². The molecule has 1 aliphatic heterocycles. The molecule has 0 bridgehead atoms. The van der Waals surface area contributed by atoms with Gasteiger partial charge >= 0.3 is 0 Å². The number of benzene rings is 2. The van der Waals surface area contributed by atoms with Crippen molar-refractivity contribution < 1.29 is 9.59 Å². The van der Waals surface area contributed by atoms with Crippen LogP contribution in [0.3, 0.4) is 0 Å². The molecule has 32 heavy (non-hydrogen) atoms. The summed E-state index contributed by atoms with van der Waals surface area (Å²) in [6.45, 7) is 9.96. The summed E-state index contributed by atoms with van der Waals surface area (Å²) in [4.78, 5) is 27.6. The molecule has 4 rings (SSSR count). The van der Waals surface area contributed by atoms with Crippen LogP contribution in [0.4, 0.5) is 5.69 Å². The molecular formula is C26H25N3O2S. The summed E-state index contributed by atoms with van der Waals surface area (Å²) in [6.07, 6.45) is 1.66. The molecule has 1 aliphatic rings. The van der Waals surface area contributed by atoms with Gasteiger partial charge in [0, 0.05) is 17.1 Å². The van der Waals surface area contributed by atoms with Crippen LogP contribution in [-0.2, 0) is 9.59 Å². The summed E-state index contributed by atoms with van der Waals surface area (Å²) < 4.78 is 2.12. The maximum Gasteiger partial charge on any atom is 0.270 e. The Morgan fingerprint density at radius 3 is 2.31 bits per heavy atom. The Balaban J connectivity index is 1.78. The number of aromatic nitrogens is 1. The van der Waals surface area contributed by atoms with Crippen molar-refractivity contribution in [1.82, 2.24) is 9.88 Å². The number of nitrogens with one attached hydrogen (secondary N) is 1. The molecule has 5 nitrogen and oxygen atoms in total. The van der Waals surface area contributed by atoms with E-state index < -0.39 is 11.8 Å². The summed E-state index contributed by atoms with van der Waals surface area (Å²) in [7, 11) is 0. The second kappa shape index (κ2) is 8.20. The first kappa shape index (κ1) is 21.7. The first-order valence-corrected chi connectivity index (χ1v) is 10.8. The van der Waals surface area contributed by atoms with E-state index in [-0.39, 0.29) is 10.7 Å². The standard InChI is InChI=1S/C26H25N3O2S/c1-15-9-11-21(12-10-15)28-17(3)13-20(19(28)5)14-22-24(30)27-26(32)29(25(22)31)23-8-6-7-16(2)18(23)4/h6-14H,1-5H3,(H,27,30,32)/b22-14-. The van der Waals surface area contributed by atoms with E-state index >= 15 is 0 Å². The van der Waals surface area contributed by atoms with Crippen molar-refractivity contribution >= 4 is 40.9 Å². The lowest BCUT2D eigenvalue weighted by molar-refractivity contribution is -0.122. The van der Waals surface area contributed by atoms with Gasteiger partial charge in [0.05, 0.1) is 5.69 Å². The highest BCUT2D eigenvalue weighted by Crippen LogP contribution is 2.28. The van der Waals surface area contributed by atoms with Crippen molar-refractivity contribution in [3.8, 4) is 5.69 Å². The molecule has 0 spiro atoms. The number of rotatable bonds is 3. The van der Waals surface area contributed by atoms with Crippen LogP contribution in [0.2, 0.25) is 0 Å². The average Bonchev–Trinajstić information content (AvgIpc) is 3.02. The number of aryl methyl sites for hydroxylation is 3. The topological polar surface area (TPSA) is 54.3 Å². The van der Waals surface area contributed by atoms with E-state index in [2.05, 4.69) is 41.1 Å². The summed E-state index contributed by atoms with van der Waals surface area (Å²) in [5.74, 6) is -0.908. The summed E-state index contributed by atoms with van der Waals surface area (Å²) >= 11 is 5.35. The molecule has 6 heteroatoms. The number of hydrogen-bond acceptors (Lipinski definition) is 3. The normalized spacial score (nSPS) is 15.5. The van der Waals surface area contributed by atoms with Gasteiger partial charge in [-0.2, -0.15) is 0 Å². The van der Waals surface area contributed by atoms with E-state index in [4.69, 9.17) is 12.2 Å². The van der Waals surface area contributed by atoms with Gasteiger partial charge in [-0.15, -0.1) is 0 Å². The first-order valence-electron chi connectivity index (χ1n) is 10.4. The number of carbonyl (C=O) groups is 2. The molecule has 2 amide bonds. The summed E-state index contributed by atoms with van der Waals surface area (Å²) in [5, 5.41) is 2.77. The van der Waals surface area contributed by atoms with Crippen LogP contribution in [0.1, 0.15) is 33.6 Å². The smallest absolute Gasteiger partial charge is 0.270 e. The minimum Gasteiger partial charge on any atom is -0.318 e. The molecule has 0 saturated carbocycles. The fourth-order valence-corrected chi connectivity index (χ4v) is 4.31. The van der Waals surface area contributed by atoms with Gasteiger partial charge < -0.3 is 4.57 Å². The molecule has 0 unspecified atom stereocenters. The third-order valence-electron chi connectivity index (χ3n) is 5.98. The molecule has 162 valence electrons. The van der Waals surface area contributed by atoms with Gasteiger partial charge in [-0.1, -0.05) is 29.8 Å². The van der Waals surface area contributed by atoms with Gasteiger partial charge in [0.25, 0.3) is 11.8 Å². The number of nitrogens with zero attached hydrogens (tertiary/aromatic N) is 2. The quantitative estimate of drug-likeness (QED) is 0.358. The molecule has 2 heterocycles. The van der Waals surface area contributed by atoms with Gasteiger partial charge in [0.1, 0.15) is 5.57 Å². The Morgan fingerprint density at radius 1 is 0.938 bits per heavy atom. The number of amides is 2. The van der Waals surface area contributed by atoms with Gasteiger partial charge in [-0.05, 0) is 93.9 Å². The largest absolute Gasteiger partial charge is 0.318 e. The molecule has 0 radical (unpaired) electrons. The highest BCUT2D eigenvalue weighted by atomic mass is 32.1. The second-order valence-corrected chi connectivity index (χ2v) is 8.56. The Hall–Kier alpha value is -3.51. The fraction of sp³-hybridized carbons (Fsp3) is 0.192. The Kier molecular flexibility index (Phi) is 5.57. The van der Waals surface area contributed by atoms with Crippen LogP contribution in [0.5, 0.6) is 0 Å². The van der Waals surface area contributed by atoms with E-state index in [9.17, 15) is 9.59 Å². The summed E-state index contributed by atoms with van der Waals surface area (Å²) in [6, 6.07) is 15.9.